The molecular formula is C45H44N5O5S2+. The number of urea groups is 1. The molecule has 2 heterocycles. The minimum absolute atomic E-state index is 0.0135. The third-order valence-corrected chi connectivity index (χ3v) is 12.1. The zero-order chi connectivity index (χ0) is 39.9. The molecule has 1 aromatic heterocycles. The molecule has 0 bridgehead atoms. The highest BCUT2D eigenvalue weighted by molar-refractivity contribution is 7.89. The van der Waals surface area contributed by atoms with Gasteiger partial charge in [0, 0.05) is 44.6 Å². The smallest absolute Gasteiger partial charge is 0.326 e. The van der Waals surface area contributed by atoms with E-state index in [1.54, 1.807) is 17.0 Å². The largest absolute Gasteiger partial charge is 0.354 e. The molecule has 4 amide bonds. The van der Waals surface area contributed by atoms with Gasteiger partial charge in [-0.05, 0) is 66.6 Å². The van der Waals surface area contributed by atoms with Gasteiger partial charge >= 0.3 is 6.03 Å². The summed E-state index contributed by atoms with van der Waals surface area (Å²) in [5.41, 5.74) is 6.05. The Morgan fingerprint density at radius 2 is 1.25 bits per heavy atom. The van der Waals surface area contributed by atoms with Gasteiger partial charge in [0.25, 0.3) is 15.9 Å². The Hall–Kier alpha value is -5.98. The summed E-state index contributed by atoms with van der Waals surface area (Å²) in [6, 6.07) is 36.4. The van der Waals surface area contributed by atoms with Crippen LogP contribution in [0, 0.1) is 6.92 Å². The summed E-state index contributed by atoms with van der Waals surface area (Å²) in [5.74, 6) is -0.319. The number of sulfonamides is 1. The summed E-state index contributed by atoms with van der Waals surface area (Å²) < 4.78 is 31.7. The first-order chi connectivity index (χ1) is 27.7. The fourth-order valence-corrected chi connectivity index (χ4v) is 8.78. The fraction of sp³-hybridized carbons (Fsp3) is 0.200. The molecule has 57 heavy (non-hydrogen) atoms. The van der Waals surface area contributed by atoms with Crippen molar-refractivity contribution in [3.05, 3.63) is 144 Å². The second kappa shape index (κ2) is 17.4. The van der Waals surface area contributed by atoms with E-state index in [1.165, 1.54) is 12.1 Å². The molecule has 5 aromatic carbocycles. The number of aromatic nitrogens is 1. The predicted molar refractivity (Wildman–Crippen MR) is 229 cm³/mol. The summed E-state index contributed by atoms with van der Waals surface area (Å²) in [6.07, 6.45) is 4.80. The van der Waals surface area contributed by atoms with Crippen LogP contribution in [0.25, 0.3) is 34.0 Å². The summed E-state index contributed by atoms with van der Waals surface area (Å²) in [7, 11) is -4.33. The zero-order valence-corrected chi connectivity index (χ0v) is 33.3. The summed E-state index contributed by atoms with van der Waals surface area (Å²) in [6.45, 7) is 2.62. The Morgan fingerprint density at radius 1 is 0.702 bits per heavy atom. The lowest BCUT2D eigenvalue weighted by molar-refractivity contribution is -0.645. The third kappa shape index (κ3) is 8.28. The van der Waals surface area contributed by atoms with Crippen molar-refractivity contribution >= 4 is 85.8 Å². The number of thiol groups is 1. The third-order valence-electron chi connectivity index (χ3n) is 10.0. The Bertz CT molecular complexity index is 2500. The molecule has 1 aliphatic rings. The minimum atomic E-state index is -4.33. The number of rotatable bonds is 13. The highest BCUT2D eigenvalue weighted by Crippen LogP contribution is 2.36. The normalized spacial score (nSPS) is 12.1. The number of nitrogens with zero attached hydrogens (tertiary/aromatic N) is 3. The highest BCUT2D eigenvalue weighted by atomic mass is 32.2. The van der Waals surface area contributed by atoms with Crippen LogP contribution in [0.2, 0.25) is 0 Å². The van der Waals surface area contributed by atoms with Crippen molar-refractivity contribution < 1.29 is 27.4 Å². The van der Waals surface area contributed by atoms with Crippen LogP contribution in [0.4, 0.5) is 16.2 Å². The van der Waals surface area contributed by atoms with Crippen molar-refractivity contribution in [2.45, 2.75) is 37.6 Å². The molecule has 0 unspecified atom stereocenters. The van der Waals surface area contributed by atoms with Crippen molar-refractivity contribution in [1.29, 1.82) is 0 Å². The Balaban J connectivity index is 1.07. The number of benzene rings is 5. The standard InChI is InChI=1S/C45H43N5O5S2/c1-32-21-25-35(26-22-32)57(54,55)49(44(52)43-36-14-4-8-18-40(36)48(29-11-31-56)41-19-9-5-15-37(41)43)30-10-20-42(51)46-27-28-47-45(53)50-38-16-6-2-12-33(38)23-24-34-13-3-7-17-39(34)50/h2-9,12-19,21-26H,10-11,20,27-31H2,1H3,(H2-,46,47,51,53,56)/p+1. The summed E-state index contributed by atoms with van der Waals surface area (Å²) in [4.78, 5) is 43.1. The molecule has 6 aromatic rings. The van der Waals surface area contributed by atoms with E-state index in [1.807, 2.05) is 116 Å². The molecule has 7 rings (SSSR count). The van der Waals surface area contributed by atoms with Crippen LogP contribution < -0.4 is 20.1 Å². The molecule has 0 fully saturated rings. The van der Waals surface area contributed by atoms with Crippen LogP contribution >= 0.6 is 12.6 Å². The number of amides is 4. The summed E-state index contributed by atoms with van der Waals surface area (Å²) >= 11 is 4.42. The van der Waals surface area contributed by atoms with E-state index in [-0.39, 0.29) is 54.9 Å². The molecule has 0 saturated heterocycles. The number of carbonyl (C=O) groups excluding carboxylic acids is 3. The number of aryl methyl sites for hydroxylation is 2. The van der Waals surface area contributed by atoms with Crippen molar-refractivity contribution in [2.24, 2.45) is 0 Å². The van der Waals surface area contributed by atoms with Gasteiger partial charge in [0.05, 0.1) is 32.6 Å². The first-order valence-corrected chi connectivity index (χ1v) is 21.0. The molecule has 0 atom stereocenters. The van der Waals surface area contributed by atoms with E-state index in [0.29, 0.717) is 23.1 Å². The van der Waals surface area contributed by atoms with Gasteiger partial charge in [0.2, 0.25) is 16.9 Å². The van der Waals surface area contributed by atoms with Gasteiger partial charge < -0.3 is 10.6 Å². The van der Waals surface area contributed by atoms with Crippen molar-refractivity contribution in [1.82, 2.24) is 14.9 Å². The Labute approximate surface area is 338 Å². The Morgan fingerprint density at radius 3 is 1.84 bits per heavy atom. The number of fused-ring (bicyclic) bond motifs is 4. The fourth-order valence-electron chi connectivity index (χ4n) is 7.22. The van der Waals surface area contributed by atoms with E-state index in [2.05, 4.69) is 27.8 Å². The quantitative estimate of drug-likeness (QED) is 0.0480. The van der Waals surface area contributed by atoms with Gasteiger partial charge in [-0.2, -0.15) is 17.2 Å². The number of para-hydroxylation sites is 4. The second-order valence-electron chi connectivity index (χ2n) is 13.8. The molecule has 0 saturated carbocycles. The van der Waals surface area contributed by atoms with Crippen LogP contribution in [0.1, 0.15) is 46.3 Å². The van der Waals surface area contributed by atoms with Crippen molar-refractivity contribution in [3.63, 3.8) is 0 Å². The number of hydrogen-bond donors (Lipinski definition) is 3. The number of carbonyl (C=O) groups is 3. The molecule has 1 aliphatic heterocycles. The van der Waals surface area contributed by atoms with Crippen LogP contribution in [0.15, 0.2) is 126 Å². The topological polar surface area (TPSA) is 120 Å². The van der Waals surface area contributed by atoms with Crippen molar-refractivity contribution in [3.8, 4) is 0 Å². The van der Waals surface area contributed by atoms with E-state index in [0.717, 1.165) is 49.8 Å². The summed E-state index contributed by atoms with van der Waals surface area (Å²) in [5, 5.41) is 7.01. The van der Waals surface area contributed by atoms with Gasteiger partial charge in [0.1, 0.15) is 6.54 Å². The number of anilines is 2. The molecule has 0 aliphatic carbocycles. The van der Waals surface area contributed by atoms with Crippen LogP contribution in [-0.4, -0.2) is 56.0 Å². The molecule has 0 radical (unpaired) electrons. The second-order valence-corrected chi connectivity index (χ2v) is 16.1. The lowest BCUT2D eigenvalue weighted by Crippen LogP contribution is -2.42. The lowest BCUT2D eigenvalue weighted by atomic mass is 10.0. The van der Waals surface area contributed by atoms with Crippen LogP contribution in [-0.2, 0) is 21.4 Å². The monoisotopic (exact) mass is 798 g/mol. The van der Waals surface area contributed by atoms with E-state index in [9.17, 15) is 22.8 Å². The first kappa shape index (κ1) is 39.3. The van der Waals surface area contributed by atoms with Gasteiger partial charge in [-0.15, -0.1) is 0 Å². The van der Waals surface area contributed by atoms with Crippen LogP contribution in [0.3, 0.4) is 0 Å². The van der Waals surface area contributed by atoms with Gasteiger partial charge in [0.15, 0.2) is 0 Å². The van der Waals surface area contributed by atoms with Gasteiger partial charge in [-0.1, -0.05) is 90.5 Å². The Kier molecular flexibility index (Phi) is 12.0. The molecule has 2 N–H and O–H groups in total. The maximum Gasteiger partial charge on any atom is 0.326 e. The molecule has 0 spiro atoms. The van der Waals surface area contributed by atoms with E-state index in [4.69, 9.17) is 0 Å². The van der Waals surface area contributed by atoms with Crippen molar-refractivity contribution in [2.75, 3.05) is 30.3 Å². The number of hydrogen-bond acceptors (Lipinski definition) is 6. The van der Waals surface area contributed by atoms with E-state index < -0.39 is 15.9 Å². The maximum atomic E-state index is 14.8. The highest BCUT2D eigenvalue weighted by Gasteiger charge is 2.34. The lowest BCUT2D eigenvalue weighted by Gasteiger charge is -2.25. The predicted octanol–water partition coefficient (Wildman–Crippen LogP) is 7.67. The number of pyridine rings is 1. The average Bonchev–Trinajstić information content (AvgIpc) is 3.39. The van der Waals surface area contributed by atoms with E-state index >= 15 is 0 Å². The average molecular weight is 799 g/mol. The van der Waals surface area contributed by atoms with Crippen LogP contribution in [0.5, 0.6) is 0 Å². The zero-order valence-electron chi connectivity index (χ0n) is 31.6. The molecular weight excluding hydrogens is 755 g/mol. The van der Waals surface area contributed by atoms with Gasteiger partial charge in [-0.25, -0.2) is 17.5 Å². The molecule has 290 valence electrons. The number of nitrogens with one attached hydrogen (secondary N) is 2. The van der Waals surface area contributed by atoms with Gasteiger partial charge in [-0.3, -0.25) is 14.5 Å². The SMILES string of the molecule is Cc1ccc(S(=O)(=O)N(CCCC(=O)NCCNC(=O)N2c3ccccc3C=Cc3ccccc32)C(=O)c2c3ccccc3[n+](CCCS)c3ccccc23)cc1. The maximum absolute atomic E-state index is 14.8. The molecule has 10 nitrogen and oxygen atoms in total. The minimum Gasteiger partial charge on any atom is -0.354 e. The molecule has 12 heteroatoms. The first-order valence-electron chi connectivity index (χ1n) is 19.0.